The lowest BCUT2D eigenvalue weighted by Crippen LogP contribution is -2.59. The van der Waals surface area contributed by atoms with Crippen molar-refractivity contribution in [3.8, 4) is 0 Å². The molecule has 9 heteroatoms. The van der Waals surface area contributed by atoms with Crippen LogP contribution in [0.2, 0.25) is 13.1 Å². The smallest absolute Gasteiger partial charge is 0.222 e. The summed E-state index contributed by atoms with van der Waals surface area (Å²) in [6, 6.07) is 30.2. The topological polar surface area (TPSA) is 46.6 Å². The summed E-state index contributed by atoms with van der Waals surface area (Å²) in [5, 5.41) is 13.8. The third-order valence-electron chi connectivity index (χ3n) is 8.67. The van der Waals surface area contributed by atoms with Crippen molar-refractivity contribution in [3.05, 3.63) is 149 Å². The Balaban J connectivity index is 1.64. The quantitative estimate of drug-likeness (QED) is 0.0732. The number of hydrogen-bond donors (Lipinski definition) is 0. The second-order valence-electron chi connectivity index (χ2n) is 11.5. The highest BCUT2D eigenvalue weighted by Crippen LogP contribution is 2.42. The first-order valence-electron chi connectivity index (χ1n) is 14.3. The number of hydrogen-bond acceptors (Lipinski definition) is 4. The lowest BCUT2D eigenvalue weighted by atomic mass is 9.81. The molecular formula is C36H28F4N2O2Si. The van der Waals surface area contributed by atoms with Crippen molar-refractivity contribution >= 4 is 47.2 Å². The lowest BCUT2D eigenvalue weighted by Gasteiger charge is -2.36. The van der Waals surface area contributed by atoms with Crippen LogP contribution in [-0.4, -0.2) is 28.1 Å². The minimum atomic E-state index is -2.68. The third kappa shape index (κ3) is 4.84. The Morgan fingerprint density at radius 2 is 1.04 bits per heavy atom. The van der Waals surface area contributed by atoms with Crippen molar-refractivity contribution in [2.75, 3.05) is 23.9 Å². The van der Waals surface area contributed by atoms with Crippen molar-refractivity contribution < 1.29 is 27.5 Å². The standard InChI is InChI=1S/C36H28F4N2O2Si/c1-41(21-11-7-5-8-12-21)23-15-17-25-27(19-23)45(3,4)28-20-24(42(2)22-13-9-6-10-14-22)16-18-26(28)29(25)30-31(36(43)44)33(38)35(40)34(39)32(30)37/h5-20H,1-4H3. The number of aromatic carboxylic acids is 1. The first kappa shape index (κ1) is 30.0. The van der Waals surface area contributed by atoms with E-state index in [2.05, 4.69) is 13.1 Å². The molecule has 0 fully saturated rings. The van der Waals surface area contributed by atoms with Crippen LogP contribution in [0.3, 0.4) is 0 Å². The maximum atomic E-state index is 15.8. The number of anilines is 4. The monoisotopic (exact) mass is 624 g/mol. The minimum Gasteiger partial charge on any atom is -0.538 e. The Kier molecular flexibility index (Phi) is 7.44. The largest absolute Gasteiger partial charge is 0.538 e. The maximum Gasteiger partial charge on any atom is 0.222 e. The highest BCUT2D eigenvalue weighted by atomic mass is 28.3. The molecule has 1 heterocycles. The zero-order chi connectivity index (χ0) is 32.2. The van der Waals surface area contributed by atoms with Crippen LogP contribution in [0.25, 0.3) is 0 Å². The summed E-state index contributed by atoms with van der Waals surface area (Å²) in [7, 11) is 1.12. The first-order chi connectivity index (χ1) is 21.4. The third-order valence-corrected chi connectivity index (χ3v) is 12.2. The molecule has 4 nitrogen and oxygen atoms in total. The van der Waals surface area contributed by atoms with Crippen LogP contribution in [-0.2, 0) is 0 Å². The van der Waals surface area contributed by atoms with Crippen molar-refractivity contribution in [2.24, 2.45) is 0 Å². The molecule has 0 bridgehead atoms. The van der Waals surface area contributed by atoms with E-state index in [1.54, 1.807) is 24.3 Å². The minimum absolute atomic E-state index is 0.0378. The van der Waals surface area contributed by atoms with Gasteiger partial charge in [0, 0.05) is 25.5 Å². The van der Waals surface area contributed by atoms with Crippen LogP contribution in [0.4, 0.5) is 40.3 Å². The maximum absolute atomic E-state index is 15.8. The molecule has 0 saturated carbocycles. The molecule has 0 aromatic heterocycles. The number of carbonyl (C=O) groups excluding carboxylic acids is 1. The van der Waals surface area contributed by atoms with E-state index >= 15 is 8.78 Å². The number of carbonyl (C=O) groups is 1. The average molecular weight is 625 g/mol. The van der Waals surface area contributed by atoms with Crippen LogP contribution < -0.4 is 25.3 Å². The molecule has 0 N–H and O–H groups in total. The molecule has 1 aliphatic heterocycles. The van der Waals surface area contributed by atoms with Crippen LogP contribution in [0.15, 0.2) is 97.1 Å². The summed E-state index contributed by atoms with van der Waals surface area (Å²) in [5.74, 6) is -10.3. The van der Waals surface area contributed by atoms with E-state index in [1.807, 2.05) is 96.7 Å². The molecule has 226 valence electrons. The van der Waals surface area contributed by atoms with Gasteiger partial charge in [-0.25, -0.2) is 0 Å². The Morgan fingerprint density at radius 3 is 1.47 bits per heavy atom. The van der Waals surface area contributed by atoms with Gasteiger partial charge in [-0.15, -0.1) is 0 Å². The summed E-state index contributed by atoms with van der Waals surface area (Å²) >= 11 is 0. The van der Waals surface area contributed by atoms with Crippen LogP contribution in [0.1, 0.15) is 27.0 Å². The number of carboxylic acids is 1. The van der Waals surface area contributed by atoms with Crippen molar-refractivity contribution in [1.29, 1.82) is 0 Å². The van der Waals surface area contributed by atoms with E-state index in [-0.39, 0.29) is 5.92 Å². The van der Waals surface area contributed by atoms with Gasteiger partial charge < -0.3 is 19.7 Å². The SMILES string of the molecule is CN(c1ccccc1)c1ccc2c(c1)[Si](C)(C)c1cc(N(C)c3ccccc3)ccc1[C+]2c1c(F)c(F)c(F)c(F)c1C(=O)[O-]. The number of rotatable bonds is 6. The van der Waals surface area contributed by atoms with Gasteiger partial charge >= 0.3 is 0 Å². The zero-order valence-corrected chi connectivity index (χ0v) is 26.0. The van der Waals surface area contributed by atoms with E-state index in [0.29, 0.717) is 11.1 Å². The Bertz CT molecular complexity index is 1850. The van der Waals surface area contributed by atoms with Gasteiger partial charge in [-0.3, -0.25) is 0 Å². The van der Waals surface area contributed by atoms with Crippen LogP contribution in [0.5, 0.6) is 0 Å². The van der Waals surface area contributed by atoms with Crippen molar-refractivity contribution in [3.63, 3.8) is 0 Å². The summed E-state index contributed by atoms with van der Waals surface area (Å²) in [4.78, 5) is 16.2. The Hall–Kier alpha value is -5.02. The fraction of sp³-hybridized carbons (Fsp3) is 0.111. The van der Waals surface area contributed by atoms with Crippen molar-refractivity contribution in [1.82, 2.24) is 0 Å². The highest BCUT2D eigenvalue weighted by molar-refractivity contribution is 7.01. The highest BCUT2D eigenvalue weighted by Gasteiger charge is 2.48. The number of nitrogens with zero attached hydrogens (tertiary/aromatic N) is 2. The number of halogens is 4. The summed E-state index contributed by atoms with van der Waals surface area (Å²) < 4.78 is 60.1. The summed E-state index contributed by atoms with van der Waals surface area (Å²) in [6.45, 7) is 4.23. The van der Waals surface area contributed by atoms with Gasteiger partial charge in [-0.2, -0.15) is 17.6 Å². The number of fused-ring (bicyclic) bond motifs is 2. The second-order valence-corrected chi connectivity index (χ2v) is 15.9. The van der Waals surface area contributed by atoms with Crippen molar-refractivity contribution in [2.45, 2.75) is 13.1 Å². The average Bonchev–Trinajstić information content (AvgIpc) is 3.05. The van der Waals surface area contributed by atoms with Gasteiger partial charge in [-0.05, 0) is 71.0 Å². The molecule has 1 aliphatic rings. The molecule has 0 atom stereocenters. The van der Waals surface area contributed by atoms with E-state index < -0.39 is 48.4 Å². The van der Waals surface area contributed by atoms with Gasteiger partial charge in [0.2, 0.25) is 17.5 Å². The van der Waals surface area contributed by atoms with Gasteiger partial charge in [0.1, 0.15) is 11.5 Å². The second kappa shape index (κ2) is 11.2. The molecule has 6 rings (SSSR count). The molecule has 0 saturated heterocycles. The molecule has 5 aromatic rings. The molecule has 0 amide bonds. The van der Waals surface area contributed by atoms with Gasteiger partial charge in [0.15, 0.2) is 13.9 Å². The molecule has 0 unspecified atom stereocenters. The molecule has 0 radical (unpaired) electrons. The predicted octanol–water partition coefficient (Wildman–Crippen LogP) is 6.30. The Morgan fingerprint density at radius 1 is 0.622 bits per heavy atom. The lowest BCUT2D eigenvalue weighted by molar-refractivity contribution is -0.255. The van der Waals surface area contributed by atoms with E-state index in [9.17, 15) is 18.7 Å². The fourth-order valence-electron chi connectivity index (χ4n) is 6.17. The molecular weight excluding hydrogens is 596 g/mol. The van der Waals surface area contributed by atoms with Crippen LogP contribution in [0, 0.1) is 29.2 Å². The van der Waals surface area contributed by atoms with E-state index in [0.717, 1.165) is 33.1 Å². The number of para-hydroxylation sites is 2. The van der Waals surface area contributed by atoms with Gasteiger partial charge in [-0.1, -0.05) is 49.5 Å². The molecule has 0 spiro atoms. The first-order valence-corrected chi connectivity index (χ1v) is 17.3. The zero-order valence-electron chi connectivity index (χ0n) is 25.0. The van der Waals surface area contributed by atoms with Crippen LogP contribution >= 0.6 is 0 Å². The summed E-state index contributed by atoms with van der Waals surface area (Å²) in [6.07, 6.45) is 0. The molecule has 0 aliphatic carbocycles. The van der Waals surface area contributed by atoms with E-state index in [4.69, 9.17) is 0 Å². The van der Waals surface area contributed by atoms with Gasteiger partial charge in [0.05, 0.1) is 34.0 Å². The number of carboxylic acid groups (broad SMARTS) is 1. The Labute approximate surface area is 259 Å². The fourth-order valence-corrected chi connectivity index (χ4v) is 9.24. The molecule has 45 heavy (non-hydrogen) atoms. The predicted molar refractivity (Wildman–Crippen MR) is 170 cm³/mol. The number of benzene rings is 5. The van der Waals surface area contributed by atoms with E-state index in [1.165, 1.54) is 0 Å². The normalized spacial score (nSPS) is 13.2. The summed E-state index contributed by atoms with van der Waals surface area (Å²) in [5.41, 5.74) is 2.02. The molecule has 5 aromatic carbocycles. The van der Waals surface area contributed by atoms with Gasteiger partial charge in [0.25, 0.3) is 0 Å².